The monoisotopic (exact) mass is 329 g/mol. The van der Waals surface area contributed by atoms with Gasteiger partial charge in [0.25, 0.3) is 5.91 Å². The highest BCUT2D eigenvalue weighted by Crippen LogP contribution is 2.30. The van der Waals surface area contributed by atoms with Crippen molar-refractivity contribution in [2.75, 3.05) is 20.2 Å². The second-order valence-corrected chi connectivity index (χ2v) is 6.00. The standard InChI is InChI=1S/C19H20FNO3/c1-24-18-7-4-15(20)12-17(18)19(23)21-10-8-14(9-11-21)13-2-5-16(22)6-3-13/h2-7,12,14,22H,8-11H2,1H3. The molecular formula is C19H20FNO3. The maximum atomic E-state index is 13.5. The molecule has 1 fully saturated rings. The van der Waals surface area contributed by atoms with Crippen molar-refractivity contribution >= 4 is 5.91 Å². The van der Waals surface area contributed by atoms with Gasteiger partial charge in [-0.15, -0.1) is 0 Å². The molecule has 0 unspecified atom stereocenters. The van der Waals surface area contributed by atoms with E-state index in [0.29, 0.717) is 24.8 Å². The Labute approximate surface area is 140 Å². The van der Waals surface area contributed by atoms with Crippen molar-refractivity contribution in [1.82, 2.24) is 4.90 Å². The second-order valence-electron chi connectivity index (χ2n) is 6.00. The molecule has 126 valence electrons. The summed E-state index contributed by atoms with van der Waals surface area (Å²) in [5, 5.41) is 9.37. The third-order valence-corrected chi connectivity index (χ3v) is 4.54. The second kappa shape index (κ2) is 6.91. The summed E-state index contributed by atoms with van der Waals surface area (Å²) in [5.41, 5.74) is 1.43. The molecule has 3 rings (SSSR count). The van der Waals surface area contributed by atoms with Crippen molar-refractivity contribution in [2.24, 2.45) is 0 Å². The van der Waals surface area contributed by atoms with Gasteiger partial charge in [-0.05, 0) is 54.7 Å². The zero-order valence-electron chi connectivity index (χ0n) is 13.5. The predicted molar refractivity (Wildman–Crippen MR) is 88.9 cm³/mol. The maximum absolute atomic E-state index is 13.5. The minimum Gasteiger partial charge on any atom is -0.508 e. The summed E-state index contributed by atoms with van der Waals surface area (Å²) < 4.78 is 18.7. The van der Waals surface area contributed by atoms with E-state index in [-0.39, 0.29) is 17.2 Å². The van der Waals surface area contributed by atoms with Gasteiger partial charge >= 0.3 is 0 Å². The number of ether oxygens (including phenoxy) is 1. The van der Waals surface area contributed by atoms with Gasteiger partial charge in [0.1, 0.15) is 17.3 Å². The molecule has 1 amide bonds. The van der Waals surface area contributed by atoms with Crippen LogP contribution >= 0.6 is 0 Å². The minimum absolute atomic E-state index is 0.199. The highest BCUT2D eigenvalue weighted by Gasteiger charge is 2.26. The lowest BCUT2D eigenvalue weighted by Crippen LogP contribution is -2.38. The Bertz CT molecular complexity index is 722. The van der Waals surface area contributed by atoms with Crippen LogP contribution in [0.25, 0.3) is 0 Å². The summed E-state index contributed by atoms with van der Waals surface area (Å²) >= 11 is 0. The van der Waals surface area contributed by atoms with E-state index in [1.165, 1.54) is 30.9 Å². The zero-order chi connectivity index (χ0) is 17.1. The molecule has 0 aliphatic carbocycles. The van der Waals surface area contributed by atoms with E-state index >= 15 is 0 Å². The molecular weight excluding hydrogens is 309 g/mol. The van der Waals surface area contributed by atoms with Crippen molar-refractivity contribution in [3.63, 3.8) is 0 Å². The summed E-state index contributed by atoms with van der Waals surface area (Å²) in [7, 11) is 1.47. The molecule has 4 nitrogen and oxygen atoms in total. The van der Waals surface area contributed by atoms with Crippen LogP contribution in [0.5, 0.6) is 11.5 Å². The van der Waals surface area contributed by atoms with E-state index in [9.17, 15) is 14.3 Å². The number of phenols is 1. The van der Waals surface area contributed by atoms with E-state index in [1.807, 2.05) is 12.1 Å². The molecule has 5 heteroatoms. The van der Waals surface area contributed by atoms with Gasteiger partial charge in [-0.3, -0.25) is 4.79 Å². The number of carbonyl (C=O) groups is 1. The van der Waals surface area contributed by atoms with E-state index in [1.54, 1.807) is 17.0 Å². The summed E-state index contributed by atoms with van der Waals surface area (Å²) in [5.74, 6) is 0.365. The Morgan fingerprint density at radius 2 is 1.83 bits per heavy atom. The number of nitrogens with zero attached hydrogens (tertiary/aromatic N) is 1. The summed E-state index contributed by atoms with van der Waals surface area (Å²) in [6.07, 6.45) is 1.68. The maximum Gasteiger partial charge on any atom is 0.257 e. The van der Waals surface area contributed by atoms with E-state index in [0.717, 1.165) is 12.8 Å². The highest BCUT2D eigenvalue weighted by molar-refractivity contribution is 5.97. The number of likely N-dealkylation sites (tertiary alicyclic amines) is 1. The number of phenolic OH excluding ortho intramolecular Hbond substituents is 1. The average Bonchev–Trinajstić information content (AvgIpc) is 2.62. The van der Waals surface area contributed by atoms with Gasteiger partial charge in [0.15, 0.2) is 0 Å². The Morgan fingerprint density at radius 3 is 2.46 bits per heavy atom. The Kier molecular flexibility index (Phi) is 4.69. The molecule has 1 aliphatic rings. The van der Waals surface area contributed by atoms with Crippen molar-refractivity contribution in [3.05, 3.63) is 59.4 Å². The van der Waals surface area contributed by atoms with Crippen molar-refractivity contribution in [1.29, 1.82) is 0 Å². The predicted octanol–water partition coefficient (Wildman–Crippen LogP) is 3.56. The summed E-state index contributed by atoms with van der Waals surface area (Å²) in [4.78, 5) is 14.4. The quantitative estimate of drug-likeness (QED) is 0.937. The fourth-order valence-corrected chi connectivity index (χ4v) is 3.18. The molecule has 24 heavy (non-hydrogen) atoms. The normalized spacial score (nSPS) is 15.3. The lowest BCUT2D eigenvalue weighted by atomic mass is 9.89. The molecule has 0 saturated carbocycles. The third-order valence-electron chi connectivity index (χ3n) is 4.54. The average molecular weight is 329 g/mol. The van der Waals surface area contributed by atoms with Crippen LogP contribution in [0.4, 0.5) is 4.39 Å². The van der Waals surface area contributed by atoms with Gasteiger partial charge < -0.3 is 14.7 Å². The van der Waals surface area contributed by atoms with E-state index < -0.39 is 5.82 Å². The summed E-state index contributed by atoms with van der Waals surface area (Å²) in [6.45, 7) is 1.23. The molecule has 0 radical (unpaired) electrons. The lowest BCUT2D eigenvalue weighted by molar-refractivity contribution is 0.0709. The van der Waals surface area contributed by atoms with E-state index in [2.05, 4.69) is 0 Å². The summed E-state index contributed by atoms with van der Waals surface area (Å²) in [6, 6.07) is 11.2. The Morgan fingerprint density at radius 1 is 1.17 bits per heavy atom. The number of carbonyl (C=O) groups excluding carboxylic acids is 1. The number of methoxy groups -OCH3 is 1. The number of piperidine rings is 1. The fraction of sp³-hybridized carbons (Fsp3) is 0.316. The molecule has 0 spiro atoms. The van der Waals surface area contributed by atoms with Crippen LogP contribution < -0.4 is 4.74 Å². The molecule has 1 aliphatic heterocycles. The number of hydrogen-bond donors (Lipinski definition) is 1. The number of benzene rings is 2. The zero-order valence-corrected chi connectivity index (χ0v) is 13.5. The van der Waals surface area contributed by atoms with Crippen LogP contribution in [0.2, 0.25) is 0 Å². The Hall–Kier alpha value is -2.56. The first-order valence-corrected chi connectivity index (χ1v) is 8.00. The van der Waals surface area contributed by atoms with E-state index in [4.69, 9.17) is 4.74 Å². The number of rotatable bonds is 3. The first kappa shape index (κ1) is 16.3. The minimum atomic E-state index is -0.446. The lowest BCUT2D eigenvalue weighted by Gasteiger charge is -2.32. The van der Waals surface area contributed by atoms with Crippen LogP contribution in [0.3, 0.4) is 0 Å². The van der Waals surface area contributed by atoms with Crippen LogP contribution in [0, 0.1) is 5.82 Å². The molecule has 1 heterocycles. The number of aromatic hydroxyl groups is 1. The van der Waals surface area contributed by atoms with Crippen molar-refractivity contribution in [2.45, 2.75) is 18.8 Å². The van der Waals surface area contributed by atoms with Gasteiger partial charge in [-0.2, -0.15) is 0 Å². The SMILES string of the molecule is COc1ccc(F)cc1C(=O)N1CCC(c2ccc(O)cc2)CC1. The third kappa shape index (κ3) is 3.35. The van der Waals surface area contributed by atoms with Gasteiger partial charge in [-0.1, -0.05) is 12.1 Å². The van der Waals surface area contributed by atoms with Gasteiger partial charge in [0.2, 0.25) is 0 Å². The number of halogens is 1. The van der Waals surface area contributed by atoms with Crippen LogP contribution in [-0.2, 0) is 0 Å². The largest absolute Gasteiger partial charge is 0.508 e. The van der Waals surface area contributed by atoms with Crippen LogP contribution in [0.1, 0.15) is 34.7 Å². The fourth-order valence-electron chi connectivity index (χ4n) is 3.18. The number of amides is 1. The van der Waals surface area contributed by atoms with Gasteiger partial charge in [0, 0.05) is 13.1 Å². The Balaban J connectivity index is 1.69. The molecule has 1 N–H and O–H groups in total. The first-order valence-electron chi connectivity index (χ1n) is 8.00. The molecule has 1 saturated heterocycles. The first-order chi connectivity index (χ1) is 11.6. The van der Waals surface area contributed by atoms with Gasteiger partial charge in [-0.25, -0.2) is 4.39 Å². The molecule has 2 aromatic carbocycles. The van der Waals surface area contributed by atoms with Crippen LogP contribution in [-0.4, -0.2) is 36.1 Å². The van der Waals surface area contributed by atoms with Crippen molar-refractivity contribution < 1.29 is 19.0 Å². The molecule has 0 bridgehead atoms. The highest BCUT2D eigenvalue weighted by atomic mass is 19.1. The molecule has 0 aromatic heterocycles. The van der Waals surface area contributed by atoms with Gasteiger partial charge in [0.05, 0.1) is 12.7 Å². The molecule has 0 atom stereocenters. The van der Waals surface area contributed by atoms with Crippen LogP contribution in [0.15, 0.2) is 42.5 Å². The topological polar surface area (TPSA) is 49.8 Å². The molecule has 2 aromatic rings. The van der Waals surface area contributed by atoms with Crippen molar-refractivity contribution in [3.8, 4) is 11.5 Å². The smallest absolute Gasteiger partial charge is 0.257 e. The number of hydrogen-bond acceptors (Lipinski definition) is 3.